The Balaban J connectivity index is 2.09. The molecule has 0 amide bonds. The molecule has 0 aromatic rings. The average Bonchev–Trinajstić information content (AvgIpc) is 2.59. The molecule has 2 bridgehead atoms. The highest BCUT2D eigenvalue weighted by Crippen LogP contribution is 2.70. The fraction of sp³-hybridized carbons (Fsp3) is 0.800. The van der Waals surface area contributed by atoms with E-state index < -0.39 is 0 Å². The van der Waals surface area contributed by atoms with Crippen molar-refractivity contribution in [2.75, 3.05) is 0 Å². The van der Waals surface area contributed by atoms with Gasteiger partial charge in [-0.05, 0) is 32.1 Å². The van der Waals surface area contributed by atoms with E-state index in [0.29, 0.717) is 6.10 Å². The summed E-state index contributed by atoms with van der Waals surface area (Å²) in [6.07, 6.45) is 6.17. The number of ether oxygens (including phenoxy) is 1. The van der Waals surface area contributed by atoms with E-state index in [1.165, 1.54) is 6.42 Å². The van der Waals surface area contributed by atoms with Gasteiger partial charge < -0.3 is 4.74 Å². The van der Waals surface area contributed by atoms with E-state index in [1.807, 2.05) is 0 Å². The summed E-state index contributed by atoms with van der Waals surface area (Å²) in [6, 6.07) is 0. The molecule has 2 heteroatoms. The number of halogens is 1. The van der Waals surface area contributed by atoms with Crippen LogP contribution >= 0.6 is 15.9 Å². The summed E-state index contributed by atoms with van der Waals surface area (Å²) in [5.74, 6) is 1.56. The quantitative estimate of drug-likeness (QED) is 0.458. The number of hydrogen-bond donors (Lipinski definition) is 0. The van der Waals surface area contributed by atoms with Gasteiger partial charge in [-0.25, -0.2) is 0 Å². The van der Waals surface area contributed by atoms with Gasteiger partial charge in [0.2, 0.25) is 0 Å². The summed E-state index contributed by atoms with van der Waals surface area (Å²) >= 11 is 3.87. The van der Waals surface area contributed by atoms with Crippen LogP contribution in [0.4, 0.5) is 0 Å². The molecule has 1 aliphatic heterocycles. The van der Waals surface area contributed by atoms with E-state index in [9.17, 15) is 0 Å². The second kappa shape index (κ2) is 1.83. The van der Waals surface area contributed by atoms with Crippen LogP contribution in [0.25, 0.3) is 0 Å². The third-order valence-electron chi connectivity index (χ3n) is 3.74. The molecule has 2 aliphatic carbocycles. The molecule has 0 radical (unpaired) electrons. The first kappa shape index (κ1) is 7.57. The first-order valence-electron chi connectivity index (χ1n) is 4.61. The zero-order valence-electron chi connectivity index (χ0n) is 7.38. The van der Waals surface area contributed by atoms with Gasteiger partial charge >= 0.3 is 0 Å². The second-order valence-corrected chi connectivity index (χ2v) is 6.00. The molecule has 0 aromatic carbocycles. The minimum atomic E-state index is 0.00868. The van der Waals surface area contributed by atoms with E-state index in [2.05, 4.69) is 41.9 Å². The summed E-state index contributed by atoms with van der Waals surface area (Å²) in [7, 11) is 0. The monoisotopic (exact) mass is 228 g/mol. The predicted molar refractivity (Wildman–Crippen MR) is 51.3 cm³/mol. The molecule has 2 fully saturated rings. The molecule has 1 heterocycles. The van der Waals surface area contributed by atoms with Crippen molar-refractivity contribution in [1.29, 1.82) is 0 Å². The Bertz CT molecular complexity index is 271. The Morgan fingerprint density at radius 3 is 2.92 bits per heavy atom. The van der Waals surface area contributed by atoms with Crippen molar-refractivity contribution in [3.8, 4) is 0 Å². The zero-order chi connectivity index (χ0) is 8.56. The Morgan fingerprint density at radius 1 is 1.42 bits per heavy atom. The number of alkyl halides is 1. The first-order valence-corrected chi connectivity index (χ1v) is 5.40. The second-order valence-electron chi connectivity index (χ2n) is 4.69. The van der Waals surface area contributed by atoms with Crippen molar-refractivity contribution in [1.82, 2.24) is 0 Å². The van der Waals surface area contributed by atoms with Crippen molar-refractivity contribution in [3.63, 3.8) is 0 Å². The van der Waals surface area contributed by atoms with Crippen LogP contribution in [0.15, 0.2) is 12.2 Å². The molecule has 3 rings (SSSR count). The summed E-state index contributed by atoms with van der Waals surface area (Å²) in [6.45, 7) is 4.40. The van der Waals surface area contributed by atoms with Gasteiger partial charge in [0.1, 0.15) is 0 Å². The van der Waals surface area contributed by atoms with Crippen LogP contribution in [-0.2, 0) is 4.74 Å². The van der Waals surface area contributed by atoms with E-state index in [0.717, 1.165) is 11.8 Å². The lowest BCUT2D eigenvalue weighted by Gasteiger charge is -2.38. The average molecular weight is 229 g/mol. The molecule has 4 atom stereocenters. The van der Waals surface area contributed by atoms with Crippen LogP contribution in [-0.4, -0.2) is 16.0 Å². The van der Waals surface area contributed by atoms with E-state index in [1.54, 1.807) is 0 Å². The number of hydrogen-bond acceptors (Lipinski definition) is 1. The maximum Gasteiger partial charge on any atom is 0.0795 e. The van der Waals surface area contributed by atoms with Crippen LogP contribution in [0.2, 0.25) is 0 Å². The highest BCUT2D eigenvalue weighted by molar-refractivity contribution is 9.10. The molecular formula is C10H13BrO. The molecule has 1 saturated heterocycles. The molecule has 3 aliphatic rings. The van der Waals surface area contributed by atoms with Gasteiger partial charge in [-0.3, -0.25) is 0 Å². The summed E-state index contributed by atoms with van der Waals surface area (Å²) in [4.78, 5) is 0. The van der Waals surface area contributed by atoms with Gasteiger partial charge in [0.15, 0.2) is 0 Å². The third-order valence-corrected chi connectivity index (χ3v) is 5.81. The molecular weight excluding hydrogens is 216 g/mol. The largest absolute Gasteiger partial charge is 0.367 e. The van der Waals surface area contributed by atoms with Crippen LogP contribution in [0.3, 0.4) is 0 Å². The fourth-order valence-electron chi connectivity index (χ4n) is 3.02. The highest BCUT2D eigenvalue weighted by atomic mass is 79.9. The Morgan fingerprint density at radius 2 is 2.17 bits per heavy atom. The highest BCUT2D eigenvalue weighted by Gasteiger charge is 2.73. The standard InChI is InChI=1S/C10H13BrO/c1-9(2)10(11)7-4-3-6(12-9)5-8(7)10/h3-4,6-8H,5H2,1-2H3. The lowest BCUT2D eigenvalue weighted by atomic mass is 9.95. The molecule has 1 nitrogen and oxygen atoms in total. The van der Waals surface area contributed by atoms with Crippen molar-refractivity contribution in [2.24, 2.45) is 11.8 Å². The fourth-order valence-corrected chi connectivity index (χ4v) is 3.93. The molecule has 12 heavy (non-hydrogen) atoms. The molecule has 0 spiro atoms. The van der Waals surface area contributed by atoms with Gasteiger partial charge in [-0.1, -0.05) is 28.1 Å². The number of rotatable bonds is 0. The van der Waals surface area contributed by atoms with Crippen molar-refractivity contribution < 1.29 is 4.74 Å². The van der Waals surface area contributed by atoms with Gasteiger partial charge in [-0.15, -0.1) is 0 Å². The minimum absolute atomic E-state index is 0.00868. The Hall–Kier alpha value is 0.180. The Labute approximate surface area is 81.3 Å². The number of allylic oxidation sites excluding steroid dienone is 1. The SMILES string of the molecule is CC1(C)OC2C=CC3C(C2)C31Br. The normalized spacial score (nSPS) is 58.4. The Kier molecular flexibility index (Phi) is 1.15. The van der Waals surface area contributed by atoms with Gasteiger partial charge in [0.05, 0.1) is 16.0 Å². The molecule has 4 unspecified atom stereocenters. The maximum atomic E-state index is 5.99. The predicted octanol–water partition coefficient (Wildman–Crippen LogP) is 2.50. The van der Waals surface area contributed by atoms with Crippen molar-refractivity contribution >= 4 is 15.9 Å². The van der Waals surface area contributed by atoms with Crippen LogP contribution < -0.4 is 0 Å². The maximum absolute atomic E-state index is 5.99. The van der Waals surface area contributed by atoms with E-state index in [-0.39, 0.29) is 9.93 Å². The topological polar surface area (TPSA) is 9.23 Å². The van der Waals surface area contributed by atoms with Crippen molar-refractivity contribution in [3.05, 3.63) is 12.2 Å². The lowest BCUT2D eigenvalue weighted by Crippen LogP contribution is -2.45. The van der Waals surface area contributed by atoms with Gasteiger partial charge in [0, 0.05) is 0 Å². The first-order chi connectivity index (χ1) is 5.56. The number of fused-ring (bicyclic) bond motifs is 2. The van der Waals surface area contributed by atoms with Crippen LogP contribution in [0.5, 0.6) is 0 Å². The summed E-state index contributed by atoms with van der Waals surface area (Å²) < 4.78 is 6.24. The van der Waals surface area contributed by atoms with Gasteiger partial charge in [-0.2, -0.15) is 0 Å². The molecule has 66 valence electrons. The van der Waals surface area contributed by atoms with E-state index in [4.69, 9.17) is 4.74 Å². The summed E-state index contributed by atoms with van der Waals surface area (Å²) in [5.41, 5.74) is 0.00868. The van der Waals surface area contributed by atoms with Gasteiger partial charge in [0.25, 0.3) is 0 Å². The molecule has 0 N–H and O–H groups in total. The smallest absolute Gasteiger partial charge is 0.0795 e. The van der Waals surface area contributed by atoms with Crippen LogP contribution in [0.1, 0.15) is 20.3 Å². The van der Waals surface area contributed by atoms with Crippen LogP contribution in [0, 0.1) is 11.8 Å². The minimum Gasteiger partial charge on any atom is -0.367 e. The zero-order valence-corrected chi connectivity index (χ0v) is 8.97. The van der Waals surface area contributed by atoms with Crippen molar-refractivity contribution in [2.45, 2.75) is 36.3 Å². The van der Waals surface area contributed by atoms with E-state index >= 15 is 0 Å². The molecule has 0 aromatic heterocycles. The lowest BCUT2D eigenvalue weighted by molar-refractivity contribution is -0.0821. The molecule has 1 saturated carbocycles. The summed E-state index contributed by atoms with van der Waals surface area (Å²) in [5, 5.41) is 0. The third kappa shape index (κ3) is 0.621.